The molecule has 1 aromatic heterocycles. The Hall–Kier alpha value is -2.70. The third-order valence-electron chi connectivity index (χ3n) is 6.33. The Morgan fingerprint density at radius 1 is 1.12 bits per heavy atom. The molecule has 7 nitrogen and oxygen atoms in total. The number of nitrogens with two attached hydrogens (primary N) is 2. The number of rotatable bonds is 4. The minimum Gasteiger partial charge on any atom is -0.396 e. The second kappa shape index (κ2) is 7.15. The molecule has 1 aliphatic carbocycles. The van der Waals surface area contributed by atoms with Crippen LogP contribution in [0.4, 0.5) is 37.7 Å². The second-order valence-electron chi connectivity index (χ2n) is 8.43. The lowest BCUT2D eigenvalue weighted by atomic mass is 9.94. The van der Waals surface area contributed by atoms with Crippen molar-refractivity contribution in [3.8, 4) is 0 Å². The van der Waals surface area contributed by atoms with Crippen LogP contribution in [-0.4, -0.2) is 40.8 Å². The first kappa shape index (κ1) is 22.5. The molecule has 1 saturated carbocycles. The standard InChI is InChI=1S/C19H21F6N5O2/c1-7-13-10(16(31)28-17(32)30(13)9-2-3-9)12(26)11(20)14(7)29-5-4-8(6-29)15(27)18(21,22)19(23,24)25/h8-9,15H,2-6,26-27H2,1H3,(H,28,31,32). The van der Waals surface area contributed by atoms with Crippen LogP contribution in [0.2, 0.25) is 0 Å². The van der Waals surface area contributed by atoms with E-state index in [-0.39, 0.29) is 47.7 Å². The molecule has 5 N–H and O–H groups in total. The Kier molecular flexibility index (Phi) is 5.03. The zero-order valence-electron chi connectivity index (χ0n) is 16.9. The van der Waals surface area contributed by atoms with Crippen molar-refractivity contribution < 1.29 is 26.3 Å². The lowest BCUT2D eigenvalue weighted by Gasteiger charge is -2.30. The SMILES string of the molecule is Cc1c(N2CCC(C(N)C(F)(F)C(F)(F)F)C2)c(F)c(N)c2c(=O)[nH]c(=O)n(C3CC3)c12. The van der Waals surface area contributed by atoms with Gasteiger partial charge in [0, 0.05) is 24.7 Å². The number of nitrogens with one attached hydrogen (secondary N) is 1. The van der Waals surface area contributed by atoms with Crippen molar-refractivity contribution in [1.29, 1.82) is 0 Å². The number of alkyl halides is 5. The molecule has 0 bridgehead atoms. The zero-order valence-corrected chi connectivity index (χ0v) is 16.9. The number of aromatic nitrogens is 2. The highest BCUT2D eigenvalue weighted by atomic mass is 19.4. The molecule has 0 amide bonds. The summed E-state index contributed by atoms with van der Waals surface area (Å²) in [4.78, 5) is 28.2. The van der Waals surface area contributed by atoms with Crippen molar-refractivity contribution >= 4 is 22.3 Å². The summed E-state index contributed by atoms with van der Waals surface area (Å²) in [6.45, 7) is 1.04. The molecule has 176 valence electrons. The Morgan fingerprint density at radius 3 is 2.31 bits per heavy atom. The van der Waals surface area contributed by atoms with Crippen LogP contribution >= 0.6 is 0 Å². The number of aryl methyl sites for hydroxylation is 1. The van der Waals surface area contributed by atoms with Gasteiger partial charge < -0.3 is 16.4 Å². The summed E-state index contributed by atoms with van der Waals surface area (Å²) in [6, 6.07) is -2.72. The Labute approximate surface area is 177 Å². The maximum atomic E-state index is 15.3. The number of anilines is 2. The monoisotopic (exact) mass is 465 g/mol. The fraction of sp³-hybridized carbons (Fsp3) is 0.579. The third-order valence-corrected chi connectivity index (χ3v) is 6.33. The summed E-state index contributed by atoms with van der Waals surface area (Å²) in [5, 5.41) is -0.202. The van der Waals surface area contributed by atoms with Gasteiger partial charge in [-0.25, -0.2) is 9.18 Å². The molecular weight excluding hydrogens is 444 g/mol. The van der Waals surface area contributed by atoms with Crippen LogP contribution in [0.3, 0.4) is 0 Å². The van der Waals surface area contributed by atoms with Crippen LogP contribution in [0.5, 0.6) is 0 Å². The van der Waals surface area contributed by atoms with Crippen molar-refractivity contribution in [2.75, 3.05) is 23.7 Å². The van der Waals surface area contributed by atoms with E-state index in [1.54, 1.807) is 0 Å². The number of nitrogen functional groups attached to an aromatic ring is 1. The minimum absolute atomic E-state index is 0.0497. The van der Waals surface area contributed by atoms with Gasteiger partial charge in [-0.1, -0.05) is 0 Å². The van der Waals surface area contributed by atoms with E-state index < -0.39 is 46.8 Å². The summed E-state index contributed by atoms with van der Waals surface area (Å²) < 4.78 is 82.2. The number of fused-ring (bicyclic) bond motifs is 1. The van der Waals surface area contributed by atoms with Crippen LogP contribution in [0.1, 0.15) is 30.9 Å². The molecular formula is C19H21F6N5O2. The highest BCUT2D eigenvalue weighted by Crippen LogP contribution is 2.44. The summed E-state index contributed by atoms with van der Waals surface area (Å²) in [7, 11) is 0. The molecule has 2 aromatic rings. The fourth-order valence-corrected chi connectivity index (χ4v) is 4.51. The number of H-pyrrole nitrogens is 1. The van der Waals surface area contributed by atoms with Crippen molar-refractivity contribution in [3.05, 3.63) is 32.2 Å². The maximum Gasteiger partial charge on any atom is 0.454 e. The molecule has 1 aromatic carbocycles. The molecule has 13 heteroatoms. The van der Waals surface area contributed by atoms with Gasteiger partial charge in [-0.2, -0.15) is 22.0 Å². The number of halogens is 6. The molecule has 0 spiro atoms. The minimum atomic E-state index is -5.81. The fourth-order valence-electron chi connectivity index (χ4n) is 4.51. The van der Waals surface area contributed by atoms with Gasteiger partial charge in [-0.05, 0) is 32.1 Å². The summed E-state index contributed by atoms with van der Waals surface area (Å²) in [5.74, 6) is -7.38. The summed E-state index contributed by atoms with van der Waals surface area (Å²) in [5.41, 5.74) is 9.27. The van der Waals surface area contributed by atoms with Crippen LogP contribution in [-0.2, 0) is 0 Å². The van der Waals surface area contributed by atoms with Gasteiger partial charge in [0.1, 0.15) is 0 Å². The Balaban J connectivity index is 1.80. The smallest absolute Gasteiger partial charge is 0.396 e. The van der Waals surface area contributed by atoms with Crippen molar-refractivity contribution in [2.24, 2.45) is 11.7 Å². The predicted molar refractivity (Wildman–Crippen MR) is 106 cm³/mol. The van der Waals surface area contributed by atoms with E-state index in [1.807, 2.05) is 0 Å². The highest BCUT2D eigenvalue weighted by Gasteiger charge is 2.63. The van der Waals surface area contributed by atoms with Gasteiger partial charge in [0.15, 0.2) is 5.82 Å². The van der Waals surface area contributed by atoms with Crippen molar-refractivity contribution in [2.45, 2.75) is 50.4 Å². The number of hydrogen-bond acceptors (Lipinski definition) is 5. The number of nitrogens with zero attached hydrogens (tertiary/aromatic N) is 2. The number of aromatic amines is 1. The lowest BCUT2D eigenvalue weighted by Crippen LogP contribution is -2.55. The normalized spacial score (nSPS) is 20.9. The third kappa shape index (κ3) is 3.24. The number of hydrogen-bond donors (Lipinski definition) is 3. The van der Waals surface area contributed by atoms with Crippen LogP contribution in [0, 0.1) is 18.7 Å². The highest BCUT2D eigenvalue weighted by molar-refractivity contribution is 5.97. The maximum absolute atomic E-state index is 15.3. The molecule has 1 aliphatic heterocycles. The molecule has 2 fully saturated rings. The molecule has 0 radical (unpaired) electrons. The second-order valence-corrected chi connectivity index (χ2v) is 8.43. The van der Waals surface area contributed by atoms with Gasteiger partial charge in [0.05, 0.1) is 28.3 Å². The summed E-state index contributed by atoms with van der Waals surface area (Å²) >= 11 is 0. The van der Waals surface area contributed by atoms with E-state index in [4.69, 9.17) is 11.5 Å². The first-order valence-electron chi connectivity index (χ1n) is 9.98. The largest absolute Gasteiger partial charge is 0.454 e. The van der Waals surface area contributed by atoms with Crippen LogP contribution in [0.25, 0.3) is 10.9 Å². The lowest BCUT2D eigenvalue weighted by molar-refractivity contribution is -0.293. The first-order chi connectivity index (χ1) is 14.8. The summed E-state index contributed by atoms with van der Waals surface area (Å²) in [6.07, 6.45) is -4.61. The van der Waals surface area contributed by atoms with Crippen LogP contribution in [0.15, 0.2) is 9.59 Å². The van der Waals surface area contributed by atoms with Gasteiger partial charge in [0.25, 0.3) is 5.56 Å². The topological polar surface area (TPSA) is 110 Å². The first-order valence-corrected chi connectivity index (χ1v) is 9.98. The van der Waals surface area contributed by atoms with Gasteiger partial charge in [-0.15, -0.1) is 0 Å². The molecule has 1 saturated heterocycles. The van der Waals surface area contributed by atoms with Crippen molar-refractivity contribution in [3.63, 3.8) is 0 Å². The quantitative estimate of drug-likeness (QED) is 0.475. The van der Waals surface area contributed by atoms with Crippen molar-refractivity contribution in [1.82, 2.24) is 9.55 Å². The molecule has 2 aliphatic rings. The van der Waals surface area contributed by atoms with E-state index >= 15 is 4.39 Å². The van der Waals surface area contributed by atoms with Crippen LogP contribution < -0.4 is 27.6 Å². The van der Waals surface area contributed by atoms with Gasteiger partial charge in [-0.3, -0.25) is 14.3 Å². The van der Waals surface area contributed by atoms with E-state index in [2.05, 4.69) is 4.98 Å². The Bertz CT molecular complexity index is 1200. The molecule has 4 rings (SSSR count). The van der Waals surface area contributed by atoms with Gasteiger partial charge in [0.2, 0.25) is 0 Å². The average Bonchev–Trinajstić information content (AvgIpc) is 3.41. The molecule has 32 heavy (non-hydrogen) atoms. The predicted octanol–water partition coefficient (Wildman–Crippen LogP) is 2.41. The Morgan fingerprint density at radius 2 is 1.75 bits per heavy atom. The van der Waals surface area contributed by atoms with E-state index in [1.165, 1.54) is 16.4 Å². The average molecular weight is 465 g/mol. The van der Waals surface area contributed by atoms with E-state index in [0.29, 0.717) is 12.8 Å². The molecule has 2 atom stereocenters. The zero-order chi connectivity index (χ0) is 23.7. The van der Waals surface area contributed by atoms with E-state index in [9.17, 15) is 31.5 Å². The molecule has 2 unspecified atom stereocenters. The number of benzene rings is 1. The molecule has 2 heterocycles. The van der Waals surface area contributed by atoms with Gasteiger partial charge >= 0.3 is 17.8 Å². The van der Waals surface area contributed by atoms with E-state index in [0.717, 1.165) is 0 Å².